The summed E-state index contributed by atoms with van der Waals surface area (Å²) in [5.41, 5.74) is -0.582. The summed E-state index contributed by atoms with van der Waals surface area (Å²) in [5, 5.41) is 0. The van der Waals surface area contributed by atoms with Crippen molar-refractivity contribution < 1.29 is 17.9 Å². The minimum Gasteiger partial charge on any atom is -0.462 e. The lowest BCUT2D eigenvalue weighted by Gasteiger charge is -2.21. The van der Waals surface area contributed by atoms with E-state index in [0.29, 0.717) is 0 Å². The Balaban J connectivity index is 3.24. The van der Waals surface area contributed by atoms with Gasteiger partial charge in [0, 0.05) is 5.54 Å². The number of nitrogens with one attached hydrogen (secondary N) is 1. The summed E-state index contributed by atoms with van der Waals surface area (Å²) < 4.78 is 31.9. The third kappa shape index (κ3) is 4.33. The van der Waals surface area contributed by atoms with Crippen molar-refractivity contribution in [3.05, 3.63) is 29.8 Å². The number of esters is 1. The van der Waals surface area contributed by atoms with Crippen molar-refractivity contribution in [2.24, 2.45) is 0 Å². The third-order valence-electron chi connectivity index (χ3n) is 2.11. The Bertz CT molecular complexity index is 558. The Labute approximate surface area is 114 Å². The highest BCUT2D eigenvalue weighted by Crippen LogP contribution is 2.18. The molecule has 0 aromatic heterocycles. The molecule has 5 nitrogen and oxygen atoms in total. The first kappa shape index (κ1) is 15.7. The molecule has 0 atom stereocenters. The van der Waals surface area contributed by atoms with Crippen molar-refractivity contribution in [2.45, 2.75) is 38.1 Å². The van der Waals surface area contributed by atoms with E-state index in [2.05, 4.69) is 4.72 Å². The summed E-state index contributed by atoms with van der Waals surface area (Å²) in [6, 6.07) is 6.00. The van der Waals surface area contributed by atoms with E-state index in [1.807, 2.05) is 0 Å². The summed E-state index contributed by atoms with van der Waals surface area (Å²) in [6.45, 7) is 7.06. The van der Waals surface area contributed by atoms with Crippen LogP contribution in [0.4, 0.5) is 0 Å². The zero-order chi connectivity index (χ0) is 14.7. The lowest BCUT2D eigenvalue weighted by Crippen LogP contribution is -2.41. The molecule has 0 aliphatic heterocycles. The monoisotopic (exact) mass is 285 g/mol. The van der Waals surface area contributed by atoms with E-state index in [4.69, 9.17) is 4.74 Å². The lowest BCUT2D eigenvalue weighted by molar-refractivity contribution is 0.0521. The van der Waals surface area contributed by atoms with Crippen LogP contribution in [0, 0.1) is 0 Å². The molecule has 0 radical (unpaired) electrons. The standard InChI is InChI=1S/C13H19NO4S/c1-5-18-12(15)10-8-6-7-9-11(10)19(16,17)14-13(2,3)4/h6-9,14H,5H2,1-4H3. The largest absolute Gasteiger partial charge is 0.462 e. The molecule has 0 unspecified atom stereocenters. The predicted octanol–water partition coefficient (Wildman–Crippen LogP) is 1.94. The van der Waals surface area contributed by atoms with Crippen LogP contribution in [0.5, 0.6) is 0 Å². The fraction of sp³-hybridized carbons (Fsp3) is 0.462. The van der Waals surface area contributed by atoms with Gasteiger partial charge >= 0.3 is 5.97 Å². The van der Waals surface area contributed by atoms with E-state index >= 15 is 0 Å². The summed E-state index contributed by atoms with van der Waals surface area (Å²) in [5.74, 6) is -0.641. The van der Waals surface area contributed by atoms with Crippen molar-refractivity contribution in [3.63, 3.8) is 0 Å². The van der Waals surface area contributed by atoms with Gasteiger partial charge in [0.2, 0.25) is 10.0 Å². The normalized spacial score (nSPS) is 12.2. The van der Waals surface area contributed by atoms with Gasteiger partial charge in [-0.15, -0.1) is 0 Å². The Morgan fingerprint density at radius 3 is 2.37 bits per heavy atom. The van der Waals surface area contributed by atoms with Gasteiger partial charge in [0.05, 0.1) is 17.1 Å². The molecule has 6 heteroatoms. The molecule has 1 rings (SSSR count). The van der Waals surface area contributed by atoms with Crippen LogP contribution in [0.3, 0.4) is 0 Å². The maximum Gasteiger partial charge on any atom is 0.339 e. The van der Waals surface area contributed by atoms with E-state index in [9.17, 15) is 13.2 Å². The quantitative estimate of drug-likeness (QED) is 0.858. The third-order valence-corrected chi connectivity index (χ3v) is 3.93. The summed E-state index contributed by atoms with van der Waals surface area (Å²) in [6.07, 6.45) is 0. The molecule has 0 bridgehead atoms. The van der Waals surface area contributed by atoms with Crippen molar-refractivity contribution in [3.8, 4) is 0 Å². The molecule has 1 N–H and O–H groups in total. The molecule has 0 heterocycles. The fourth-order valence-electron chi connectivity index (χ4n) is 1.54. The molecule has 0 saturated carbocycles. The van der Waals surface area contributed by atoms with Crippen molar-refractivity contribution in [1.82, 2.24) is 4.72 Å². The first-order valence-corrected chi connectivity index (χ1v) is 7.46. The number of carbonyl (C=O) groups is 1. The van der Waals surface area contributed by atoms with E-state index in [0.717, 1.165) is 0 Å². The highest BCUT2D eigenvalue weighted by Gasteiger charge is 2.26. The number of benzene rings is 1. The van der Waals surface area contributed by atoms with Crippen LogP contribution in [0.2, 0.25) is 0 Å². The molecule has 0 aliphatic carbocycles. The summed E-state index contributed by atoms with van der Waals surface area (Å²) in [4.78, 5) is 11.7. The molecule has 0 fully saturated rings. The average Bonchev–Trinajstić information content (AvgIpc) is 2.26. The second-order valence-corrected chi connectivity index (χ2v) is 6.72. The second kappa shape index (κ2) is 5.71. The molecule has 0 aliphatic rings. The van der Waals surface area contributed by atoms with Crippen LogP contribution >= 0.6 is 0 Å². The number of sulfonamides is 1. The SMILES string of the molecule is CCOC(=O)c1ccccc1S(=O)(=O)NC(C)(C)C. The van der Waals surface area contributed by atoms with Gasteiger partial charge in [0.25, 0.3) is 0 Å². The van der Waals surface area contributed by atoms with Gasteiger partial charge in [-0.2, -0.15) is 0 Å². The zero-order valence-electron chi connectivity index (χ0n) is 11.6. The Morgan fingerprint density at radius 2 is 1.84 bits per heavy atom. The van der Waals surface area contributed by atoms with Crippen molar-refractivity contribution in [1.29, 1.82) is 0 Å². The maximum atomic E-state index is 12.3. The van der Waals surface area contributed by atoms with Crippen LogP contribution in [0.1, 0.15) is 38.1 Å². The first-order valence-electron chi connectivity index (χ1n) is 5.97. The van der Waals surface area contributed by atoms with E-state index in [1.165, 1.54) is 12.1 Å². The Hall–Kier alpha value is -1.40. The predicted molar refractivity (Wildman–Crippen MR) is 72.5 cm³/mol. The van der Waals surface area contributed by atoms with Crippen LogP contribution in [-0.4, -0.2) is 26.5 Å². The van der Waals surface area contributed by atoms with Gasteiger partial charge in [-0.05, 0) is 39.8 Å². The number of hydrogen-bond donors (Lipinski definition) is 1. The van der Waals surface area contributed by atoms with Crippen LogP contribution < -0.4 is 4.72 Å². The van der Waals surface area contributed by atoms with Crippen LogP contribution in [0.25, 0.3) is 0 Å². The molecular weight excluding hydrogens is 266 g/mol. The number of hydrogen-bond acceptors (Lipinski definition) is 4. The minimum atomic E-state index is -3.76. The molecule has 1 aromatic rings. The summed E-state index contributed by atoms with van der Waals surface area (Å²) >= 11 is 0. The van der Waals surface area contributed by atoms with E-state index < -0.39 is 21.5 Å². The topological polar surface area (TPSA) is 72.5 Å². The zero-order valence-corrected chi connectivity index (χ0v) is 12.4. The Morgan fingerprint density at radius 1 is 1.26 bits per heavy atom. The molecule has 0 saturated heterocycles. The van der Waals surface area contributed by atoms with Crippen LogP contribution in [-0.2, 0) is 14.8 Å². The second-order valence-electron chi connectivity index (χ2n) is 5.07. The average molecular weight is 285 g/mol. The summed E-state index contributed by atoms with van der Waals surface area (Å²) in [7, 11) is -3.76. The fourth-order valence-corrected chi connectivity index (χ4v) is 3.15. The number of rotatable bonds is 4. The van der Waals surface area contributed by atoms with Crippen molar-refractivity contribution in [2.75, 3.05) is 6.61 Å². The molecule has 106 valence electrons. The van der Waals surface area contributed by atoms with E-state index in [1.54, 1.807) is 39.8 Å². The Kier molecular flexibility index (Phi) is 4.70. The number of carbonyl (C=O) groups excluding carboxylic acids is 1. The van der Waals surface area contributed by atoms with Crippen LogP contribution in [0.15, 0.2) is 29.2 Å². The smallest absolute Gasteiger partial charge is 0.339 e. The highest BCUT2D eigenvalue weighted by molar-refractivity contribution is 7.89. The van der Waals surface area contributed by atoms with Crippen molar-refractivity contribution >= 4 is 16.0 Å². The van der Waals surface area contributed by atoms with Gasteiger partial charge in [-0.3, -0.25) is 0 Å². The first-order chi connectivity index (χ1) is 8.67. The van der Waals surface area contributed by atoms with E-state index in [-0.39, 0.29) is 17.1 Å². The van der Waals surface area contributed by atoms with Gasteiger partial charge in [-0.1, -0.05) is 12.1 Å². The van der Waals surface area contributed by atoms with Gasteiger partial charge in [0.15, 0.2) is 0 Å². The molecular formula is C13H19NO4S. The molecule has 1 aromatic carbocycles. The van der Waals surface area contributed by atoms with Gasteiger partial charge < -0.3 is 4.74 Å². The minimum absolute atomic E-state index is 0.0427. The molecule has 19 heavy (non-hydrogen) atoms. The molecule has 0 amide bonds. The van der Waals surface area contributed by atoms with Gasteiger partial charge in [-0.25, -0.2) is 17.9 Å². The van der Waals surface area contributed by atoms with Gasteiger partial charge in [0.1, 0.15) is 0 Å². The lowest BCUT2D eigenvalue weighted by atomic mass is 10.1. The number of ether oxygens (including phenoxy) is 1. The maximum absolute atomic E-state index is 12.3. The highest BCUT2D eigenvalue weighted by atomic mass is 32.2. The molecule has 0 spiro atoms.